The fourth-order valence-electron chi connectivity index (χ4n) is 3.08. The Balaban J connectivity index is 1.89. The van der Waals surface area contributed by atoms with Gasteiger partial charge in [-0.25, -0.2) is 0 Å². The Labute approximate surface area is 137 Å². The first-order valence-corrected chi connectivity index (χ1v) is 8.70. The molecule has 0 aromatic heterocycles. The average Bonchev–Trinajstić information content (AvgIpc) is 3.26. The molecule has 2 unspecified atom stereocenters. The minimum atomic E-state index is -1.22. The molecule has 2 aliphatic heterocycles. The molecule has 6 nitrogen and oxygen atoms in total. The molecule has 2 atom stereocenters. The van der Waals surface area contributed by atoms with Crippen LogP contribution >= 0.6 is 0 Å². The smallest absolute Gasteiger partial charge is 0.323 e. The topological polar surface area (TPSA) is 71.1 Å². The fraction of sp³-hybridized carbons (Fsp3) is 0.882. The second-order valence-electron chi connectivity index (χ2n) is 6.26. The van der Waals surface area contributed by atoms with E-state index in [4.69, 9.17) is 18.9 Å². The van der Waals surface area contributed by atoms with E-state index >= 15 is 0 Å². The Morgan fingerprint density at radius 2 is 1.35 bits per heavy atom. The molecule has 0 spiro atoms. The van der Waals surface area contributed by atoms with E-state index < -0.39 is 17.4 Å². The van der Waals surface area contributed by atoms with Gasteiger partial charge in [0.05, 0.1) is 12.2 Å². The normalized spacial score (nSPS) is 24.6. The highest BCUT2D eigenvalue weighted by molar-refractivity contribution is 6.00. The monoisotopic (exact) mass is 328 g/mol. The van der Waals surface area contributed by atoms with Crippen LogP contribution in [0, 0.1) is 5.41 Å². The summed E-state index contributed by atoms with van der Waals surface area (Å²) in [5.41, 5.74) is -1.22. The van der Waals surface area contributed by atoms with Gasteiger partial charge in [-0.3, -0.25) is 9.59 Å². The Morgan fingerprint density at radius 3 is 1.65 bits per heavy atom. The van der Waals surface area contributed by atoms with E-state index in [1.54, 1.807) is 0 Å². The highest BCUT2D eigenvalue weighted by Crippen LogP contribution is 2.31. The van der Waals surface area contributed by atoms with Gasteiger partial charge < -0.3 is 18.9 Å². The van der Waals surface area contributed by atoms with Gasteiger partial charge in [0.2, 0.25) is 0 Å². The molecule has 2 saturated heterocycles. The number of hydrogen-bond acceptors (Lipinski definition) is 6. The molecular weight excluding hydrogens is 300 g/mol. The van der Waals surface area contributed by atoms with Crippen molar-refractivity contribution in [3.8, 4) is 0 Å². The molecule has 2 aliphatic rings. The number of ether oxygens (including phenoxy) is 4. The van der Waals surface area contributed by atoms with E-state index in [-0.39, 0.29) is 25.4 Å². The van der Waals surface area contributed by atoms with Crippen LogP contribution < -0.4 is 0 Å². The van der Waals surface area contributed by atoms with E-state index in [0.717, 1.165) is 25.7 Å². The Morgan fingerprint density at radius 1 is 0.913 bits per heavy atom. The molecule has 0 bridgehead atoms. The summed E-state index contributed by atoms with van der Waals surface area (Å²) in [6.07, 6.45) is 4.37. The predicted molar refractivity (Wildman–Crippen MR) is 82.9 cm³/mol. The zero-order valence-corrected chi connectivity index (χ0v) is 14.2. The number of rotatable bonds is 8. The molecular formula is C17H28O6. The fourth-order valence-corrected chi connectivity index (χ4v) is 3.08. The van der Waals surface area contributed by atoms with Crippen LogP contribution in [0.2, 0.25) is 0 Å². The summed E-state index contributed by atoms with van der Waals surface area (Å²) in [5.74, 6) is -1.01. The number of carbonyl (C=O) groups excluding carboxylic acids is 2. The minimum absolute atomic E-state index is 0.0479. The third-order valence-corrected chi connectivity index (χ3v) is 4.84. The molecule has 6 heteroatoms. The predicted octanol–water partition coefficient (Wildman–Crippen LogP) is 2.24. The molecule has 0 aromatic rings. The van der Waals surface area contributed by atoms with Crippen LogP contribution in [-0.2, 0) is 28.5 Å². The first-order chi connectivity index (χ1) is 11.1. The molecule has 0 aliphatic carbocycles. The second-order valence-corrected chi connectivity index (χ2v) is 6.26. The van der Waals surface area contributed by atoms with Crippen LogP contribution in [0.4, 0.5) is 0 Å². The first kappa shape index (κ1) is 18.2. The molecule has 2 rings (SSSR count). The molecule has 0 saturated carbocycles. The Hall–Kier alpha value is -1.14. The second kappa shape index (κ2) is 8.64. The Kier molecular flexibility index (Phi) is 6.84. The van der Waals surface area contributed by atoms with Crippen molar-refractivity contribution >= 4 is 11.9 Å². The van der Waals surface area contributed by atoms with Gasteiger partial charge in [-0.2, -0.15) is 0 Å². The van der Waals surface area contributed by atoms with Gasteiger partial charge in [-0.05, 0) is 38.5 Å². The maximum Gasteiger partial charge on any atom is 0.323 e. The summed E-state index contributed by atoms with van der Waals surface area (Å²) in [5, 5.41) is 0. The molecule has 0 aromatic carbocycles. The van der Waals surface area contributed by atoms with Crippen molar-refractivity contribution in [3.63, 3.8) is 0 Å². The molecule has 2 fully saturated rings. The number of hydrogen-bond donors (Lipinski definition) is 0. The SMILES string of the molecule is CCC(CC)(C(=O)OCC1CCCO1)C(=O)OCC1CCCO1. The van der Waals surface area contributed by atoms with E-state index in [9.17, 15) is 9.59 Å². The van der Waals surface area contributed by atoms with Crippen molar-refractivity contribution in [2.45, 2.75) is 64.6 Å². The summed E-state index contributed by atoms with van der Waals surface area (Å²) < 4.78 is 21.6. The minimum Gasteiger partial charge on any atom is -0.462 e. The van der Waals surface area contributed by atoms with E-state index in [0.29, 0.717) is 26.1 Å². The van der Waals surface area contributed by atoms with Gasteiger partial charge in [0.25, 0.3) is 0 Å². The lowest BCUT2D eigenvalue weighted by molar-refractivity contribution is -0.176. The van der Waals surface area contributed by atoms with Crippen molar-refractivity contribution in [3.05, 3.63) is 0 Å². The maximum atomic E-state index is 12.5. The molecule has 2 heterocycles. The summed E-state index contributed by atoms with van der Waals surface area (Å²) in [4.78, 5) is 25.0. The van der Waals surface area contributed by atoms with E-state index in [2.05, 4.69) is 0 Å². The maximum absolute atomic E-state index is 12.5. The molecule has 0 radical (unpaired) electrons. The third kappa shape index (κ3) is 4.44. The van der Waals surface area contributed by atoms with Crippen molar-refractivity contribution < 1.29 is 28.5 Å². The van der Waals surface area contributed by atoms with Crippen LogP contribution in [-0.4, -0.2) is 50.6 Å². The zero-order chi connectivity index (χ0) is 16.7. The third-order valence-electron chi connectivity index (χ3n) is 4.84. The number of carbonyl (C=O) groups is 2. The standard InChI is InChI=1S/C17H28O6/c1-3-17(4-2,15(18)22-11-13-7-5-9-20-13)16(19)23-12-14-8-6-10-21-14/h13-14H,3-12H2,1-2H3. The van der Waals surface area contributed by atoms with Crippen molar-refractivity contribution in [1.82, 2.24) is 0 Å². The molecule has 0 amide bonds. The van der Waals surface area contributed by atoms with Gasteiger partial charge in [-0.1, -0.05) is 13.8 Å². The lowest BCUT2D eigenvalue weighted by Crippen LogP contribution is -2.42. The van der Waals surface area contributed by atoms with Crippen molar-refractivity contribution in [2.75, 3.05) is 26.4 Å². The van der Waals surface area contributed by atoms with Crippen LogP contribution in [0.3, 0.4) is 0 Å². The largest absolute Gasteiger partial charge is 0.462 e. The Bertz CT molecular complexity index is 358. The molecule has 0 N–H and O–H groups in total. The quantitative estimate of drug-likeness (QED) is 0.503. The summed E-state index contributed by atoms with van der Waals surface area (Å²) in [6, 6.07) is 0. The van der Waals surface area contributed by atoms with Crippen LogP contribution in [0.5, 0.6) is 0 Å². The van der Waals surface area contributed by atoms with Crippen molar-refractivity contribution in [1.29, 1.82) is 0 Å². The van der Waals surface area contributed by atoms with Gasteiger partial charge in [0.15, 0.2) is 5.41 Å². The highest BCUT2D eigenvalue weighted by Gasteiger charge is 2.46. The van der Waals surface area contributed by atoms with Gasteiger partial charge in [0.1, 0.15) is 13.2 Å². The molecule has 23 heavy (non-hydrogen) atoms. The summed E-state index contributed by atoms with van der Waals surface area (Å²) >= 11 is 0. The van der Waals surface area contributed by atoms with Gasteiger partial charge >= 0.3 is 11.9 Å². The van der Waals surface area contributed by atoms with E-state index in [1.165, 1.54) is 0 Å². The van der Waals surface area contributed by atoms with Crippen LogP contribution in [0.15, 0.2) is 0 Å². The van der Waals surface area contributed by atoms with Gasteiger partial charge in [-0.15, -0.1) is 0 Å². The lowest BCUT2D eigenvalue weighted by atomic mass is 9.82. The van der Waals surface area contributed by atoms with Crippen LogP contribution in [0.1, 0.15) is 52.4 Å². The van der Waals surface area contributed by atoms with E-state index in [1.807, 2.05) is 13.8 Å². The van der Waals surface area contributed by atoms with Crippen LogP contribution in [0.25, 0.3) is 0 Å². The summed E-state index contributed by atoms with van der Waals surface area (Å²) in [6.45, 7) is 5.45. The molecule has 132 valence electrons. The zero-order valence-electron chi connectivity index (χ0n) is 14.2. The lowest BCUT2D eigenvalue weighted by Gasteiger charge is -2.28. The average molecular weight is 328 g/mol. The highest BCUT2D eigenvalue weighted by atomic mass is 16.6. The summed E-state index contributed by atoms with van der Waals surface area (Å²) in [7, 11) is 0. The van der Waals surface area contributed by atoms with Gasteiger partial charge in [0, 0.05) is 13.2 Å². The van der Waals surface area contributed by atoms with Crippen molar-refractivity contribution in [2.24, 2.45) is 5.41 Å². The number of esters is 2. The first-order valence-electron chi connectivity index (χ1n) is 8.70.